The third kappa shape index (κ3) is 3.26. The maximum absolute atomic E-state index is 5.28. The molecule has 2 nitrogen and oxygen atoms in total. The van der Waals surface area contributed by atoms with Gasteiger partial charge in [0.05, 0.1) is 7.11 Å². The molecule has 0 aliphatic heterocycles. The van der Waals surface area contributed by atoms with E-state index in [4.69, 9.17) is 4.74 Å². The number of methoxy groups -OCH3 is 1. The quantitative estimate of drug-likeness (QED) is 0.727. The molecule has 0 bridgehead atoms. The van der Waals surface area contributed by atoms with E-state index in [0.29, 0.717) is 5.92 Å². The fourth-order valence-corrected chi connectivity index (χ4v) is 3.45. The van der Waals surface area contributed by atoms with E-state index in [1.807, 2.05) is 6.07 Å². The van der Waals surface area contributed by atoms with Crippen LogP contribution in [0.4, 0.5) is 0 Å². The van der Waals surface area contributed by atoms with Crippen molar-refractivity contribution in [3.05, 3.63) is 77.4 Å². The molecule has 1 aliphatic carbocycles. The van der Waals surface area contributed by atoms with Gasteiger partial charge in [-0.3, -0.25) is 0 Å². The van der Waals surface area contributed by atoms with Crippen molar-refractivity contribution in [3.63, 3.8) is 0 Å². The van der Waals surface area contributed by atoms with Gasteiger partial charge in [-0.2, -0.15) is 0 Å². The Bertz CT molecular complexity index is 846. The molecule has 0 heterocycles. The number of ether oxygens (including phenoxy) is 1. The van der Waals surface area contributed by atoms with Gasteiger partial charge < -0.3 is 10.1 Å². The molecule has 3 aromatic carbocycles. The Kier molecular flexibility index (Phi) is 5.08. The summed E-state index contributed by atoms with van der Waals surface area (Å²) in [5.74, 6) is 1.59. The highest BCUT2D eigenvalue weighted by Crippen LogP contribution is 2.34. The normalized spacial score (nSPS) is 15.3. The third-order valence-corrected chi connectivity index (χ3v) is 4.79. The Hall–Kier alpha value is -2.03. The first-order chi connectivity index (χ1) is 11.3. The van der Waals surface area contributed by atoms with Gasteiger partial charge in [-0.1, -0.05) is 42.5 Å². The van der Waals surface area contributed by atoms with Gasteiger partial charge in [0.1, 0.15) is 5.75 Å². The van der Waals surface area contributed by atoms with Gasteiger partial charge in [-0.15, -0.1) is 12.4 Å². The van der Waals surface area contributed by atoms with Crippen molar-refractivity contribution in [2.75, 3.05) is 13.7 Å². The van der Waals surface area contributed by atoms with Crippen LogP contribution in [0.25, 0.3) is 10.8 Å². The average molecular weight is 340 g/mol. The van der Waals surface area contributed by atoms with Crippen LogP contribution >= 0.6 is 12.4 Å². The lowest BCUT2D eigenvalue weighted by atomic mass is 9.77. The monoisotopic (exact) mass is 339 g/mol. The molecule has 4 rings (SSSR count). The largest absolute Gasteiger partial charge is 0.497 e. The maximum atomic E-state index is 5.28. The molecule has 0 radical (unpaired) electrons. The summed E-state index contributed by atoms with van der Waals surface area (Å²) in [4.78, 5) is 0. The molecule has 1 N–H and O–H groups in total. The molecule has 1 atom stereocenters. The van der Waals surface area contributed by atoms with Crippen molar-refractivity contribution < 1.29 is 4.74 Å². The lowest BCUT2D eigenvalue weighted by Crippen LogP contribution is -2.28. The Morgan fingerprint density at radius 2 is 1.79 bits per heavy atom. The fourth-order valence-electron chi connectivity index (χ4n) is 3.45. The van der Waals surface area contributed by atoms with Gasteiger partial charge in [-0.05, 0) is 52.1 Å². The minimum atomic E-state index is 0. The maximum Gasteiger partial charge on any atom is 0.119 e. The van der Waals surface area contributed by atoms with Gasteiger partial charge >= 0.3 is 0 Å². The number of hydrogen-bond acceptors (Lipinski definition) is 2. The van der Waals surface area contributed by atoms with Crippen molar-refractivity contribution in [1.82, 2.24) is 5.32 Å². The molecule has 0 fully saturated rings. The zero-order valence-corrected chi connectivity index (χ0v) is 14.6. The predicted molar refractivity (Wildman–Crippen MR) is 102 cm³/mol. The van der Waals surface area contributed by atoms with Crippen molar-refractivity contribution in [3.8, 4) is 5.75 Å². The van der Waals surface area contributed by atoms with Crippen LogP contribution in [0.3, 0.4) is 0 Å². The van der Waals surface area contributed by atoms with Crippen LogP contribution in [0, 0.1) is 0 Å². The second-order valence-electron chi connectivity index (χ2n) is 6.28. The SMILES string of the molecule is COc1ccc2cc(CNCC3Cc4ccccc43)ccc2c1.Cl. The van der Waals surface area contributed by atoms with Gasteiger partial charge in [0.25, 0.3) is 0 Å². The van der Waals surface area contributed by atoms with E-state index in [1.165, 1.54) is 33.9 Å². The van der Waals surface area contributed by atoms with E-state index in [1.54, 1.807) is 7.11 Å². The molecular formula is C21H22ClNO. The Labute approximate surface area is 149 Å². The van der Waals surface area contributed by atoms with Crippen molar-refractivity contribution in [2.24, 2.45) is 0 Å². The van der Waals surface area contributed by atoms with Gasteiger partial charge in [0.2, 0.25) is 0 Å². The van der Waals surface area contributed by atoms with E-state index >= 15 is 0 Å². The summed E-state index contributed by atoms with van der Waals surface area (Å²) in [5, 5.41) is 6.09. The van der Waals surface area contributed by atoms with E-state index < -0.39 is 0 Å². The molecule has 3 heteroatoms. The highest BCUT2D eigenvalue weighted by atomic mass is 35.5. The summed E-state index contributed by atoms with van der Waals surface area (Å²) in [6, 6.07) is 21.6. The summed E-state index contributed by atoms with van der Waals surface area (Å²) in [5.41, 5.74) is 4.36. The predicted octanol–water partition coefficient (Wildman–Crippen LogP) is 4.70. The smallest absolute Gasteiger partial charge is 0.119 e. The number of hydrogen-bond donors (Lipinski definition) is 1. The first-order valence-corrected chi connectivity index (χ1v) is 8.19. The van der Waals surface area contributed by atoms with E-state index in [9.17, 15) is 0 Å². The van der Waals surface area contributed by atoms with Crippen LogP contribution in [0.15, 0.2) is 60.7 Å². The van der Waals surface area contributed by atoms with Gasteiger partial charge in [-0.25, -0.2) is 0 Å². The van der Waals surface area contributed by atoms with Gasteiger partial charge in [0, 0.05) is 19.0 Å². The number of fused-ring (bicyclic) bond motifs is 2. The standard InChI is InChI=1S/C21H21NO.ClH/c1-23-20-9-8-16-10-15(6-7-17(16)12-20)13-22-14-19-11-18-4-2-3-5-21(18)19;/h2-10,12,19,22H,11,13-14H2,1H3;1H. The molecule has 0 aromatic heterocycles. The second-order valence-corrected chi connectivity index (χ2v) is 6.28. The number of nitrogens with one attached hydrogen (secondary N) is 1. The summed E-state index contributed by atoms with van der Waals surface area (Å²) in [6.45, 7) is 1.97. The molecule has 1 aliphatic rings. The topological polar surface area (TPSA) is 21.3 Å². The first-order valence-electron chi connectivity index (χ1n) is 8.19. The van der Waals surface area contributed by atoms with Crippen LogP contribution in [-0.2, 0) is 13.0 Å². The van der Waals surface area contributed by atoms with Crippen molar-refractivity contribution in [1.29, 1.82) is 0 Å². The molecule has 0 saturated carbocycles. The fraction of sp³-hybridized carbons (Fsp3) is 0.238. The summed E-state index contributed by atoms with van der Waals surface area (Å²) < 4.78 is 5.28. The third-order valence-electron chi connectivity index (χ3n) is 4.79. The molecular weight excluding hydrogens is 318 g/mol. The van der Waals surface area contributed by atoms with Crippen LogP contribution in [-0.4, -0.2) is 13.7 Å². The molecule has 0 saturated heterocycles. The molecule has 3 aromatic rings. The molecule has 124 valence electrons. The zero-order chi connectivity index (χ0) is 15.6. The number of rotatable bonds is 5. The second kappa shape index (κ2) is 7.25. The van der Waals surface area contributed by atoms with E-state index in [-0.39, 0.29) is 12.4 Å². The molecule has 0 amide bonds. The number of halogens is 1. The van der Waals surface area contributed by atoms with Crippen molar-refractivity contribution >= 4 is 23.2 Å². The average Bonchev–Trinajstić information content (AvgIpc) is 2.58. The Balaban J connectivity index is 0.00000169. The lowest BCUT2D eigenvalue weighted by molar-refractivity contribution is 0.415. The molecule has 0 spiro atoms. The van der Waals surface area contributed by atoms with Crippen LogP contribution in [0.1, 0.15) is 22.6 Å². The highest BCUT2D eigenvalue weighted by molar-refractivity contribution is 5.85. The Morgan fingerprint density at radius 1 is 1.00 bits per heavy atom. The van der Waals surface area contributed by atoms with Crippen molar-refractivity contribution in [2.45, 2.75) is 18.9 Å². The first kappa shape index (κ1) is 16.8. The van der Waals surface area contributed by atoms with Gasteiger partial charge in [0.15, 0.2) is 0 Å². The minimum Gasteiger partial charge on any atom is -0.497 e. The van der Waals surface area contributed by atoms with E-state index in [0.717, 1.165) is 18.8 Å². The summed E-state index contributed by atoms with van der Waals surface area (Å²) in [6.07, 6.45) is 1.21. The van der Waals surface area contributed by atoms with Crippen LogP contribution in [0.5, 0.6) is 5.75 Å². The summed E-state index contributed by atoms with van der Waals surface area (Å²) in [7, 11) is 1.71. The molecule has 24 heavy (non-hydrogen) atoms. The highest BCUT2D eigenvalue weighted by Gasteiger charge is 2.24. The molecule has 1 unspecified atom stereocenters. The van der Waals surface area contributed by atoms with Crippen LogP contribution < -0.4 is 10.1 Å². The minimum absolute atomic E-state index is 0. The van der Waals surface area contributed by atoms with Crippen LogP contribution in [0.2, 0.25) is 0 Å². The zero-order valence-electron chi connectivity index (χ0n) is 13.8. The summed E-state index contributed by atoms with van der Waals surface area (Å²) >= 11 is 0. The van der Waals surface area contributed by atoms with E-state index in [2.05, 4.69) is 59.9 Å². The Morgan fingerprint density at radius 3 is 2.62 bits per heavy atom. The number of benzene rings is 3. The lowest BCUT2D eigenvalue weighted by Gasteiger charge is -2.30.